The number of rotatable bonds is 9. The van der Waals surface area contributed by atoms with Crippen molar-refractivity contribution < 1.29 is 24.2 Å². The molecule has 2 aromatic rings. The third-order valence-electron chi connectivity index (χ3n) is 5.28. The van der Waals surface area contributed by atoms with Crippen molar-refractivity contribution in [2.45, 2.75) is 32.3 Å². The van der Waals surface area contributed by atoms with E-state index in [-0.39, 0.29) is 42.4 Å². The summed E-state index contributed by atoms with van der Waals surface area (Å²) in [4.78, 5) is 38.5. The molecule has 1 heterocycles. The number of phenolic OH excluding ortho intramolecular Hbond substituents is 1. The Balaban J connectivity index is 1.49. The van der Waals surface area contributed by atoms with Gasteiger partial charge in [0.15, 0.2) is 0 Å². The number of carbonyl (C=O) groups is 3. The van der Waals surface area contributed by atoms with Crippen LogP contribution >= 0.6 is 0 Å². The van der Waals surface area contributed by atoms with Gasteiger partial charge in [-0.3, -0.25) is 9.59 Å². The van der Waals surface area contributed by atoms with Gasteiger partial charge in [0, 0.05) is 25.3 Å². The predicted octanol–water partition coefficient (Wildman–Crippen LogP) is 2.33. The van der Waals surface area contributed by atoms with Crippen molar-refractivity contribution in [2.75, 3.05) is 19.6 Å². The maximum Gasteiger partial charge on any atom is 0.242 e. The van der Waals surface area contributed by atoms with Gasteiger partial charge in [-0.15, -0.1) is 0 Å². The number of nitrogens with one attached hydrogen (secondary N) is 1. The average Bonchev–Trinajstić information content (AvgIpc) is 3.22. The minimum Gasteiger partial charge on any atom is -0.508 e. The Morgan fingerprint density at radius 2 is 1.84 bits per heavy atom. The Labute approximate surface area is 182 Å². The predicted molar refractivity (Wildman–Crippen MR) is 116 cm³/mol. The minimum absolute atomic E-state index is 0.0676. The lowest BCUT2D eigenvalue weighted by atomic mass is 9.93. The highest BCUT2D eigenvalue weighted by Gasteiger charge is 2.28. The number of para-hydroxylation sites is 1. The molecule has 0 radical (unpaired) electrons. The SMILES string of the molecule is CC(=O)C[C@@H](Cc1ccc(O)cc1)C(=O)NCC(=O)N1CC[C@@H](Oc2ccccc2)C1. The maximum atomic E-state index is 12.7. The van der Waals surface area contributed by atoms with Gasteiger partial charge in [-0.1, -0.05) is 30.3 Å². The van der Waals surface area contributed by atoms with Gasteiger partial charge in [0.2, 0.25) is 11.8 Å². The first-order valence-corrected chi connectivity index (χ1v) is 10.4. The molecule has 0 unspecified atom stereocenters. The van der Waals surface area contributed by atoms with E-state index in [1.165, 1.54) is 6.92 Å². The van der Waals surface area contributed by atoms with Crippen LogP contribution in [0.4, 0.5) is 0 Å². The number of carbonyl (C=O) groups excluding carboxylic acids is 3. The van der Waals surface area contributed by atoms with Crippen molar-refractivity contribution in [2.24, 2.45) is 5.92 Å². The summed E-state index contributed by atoms with van der Waals surface area (Å²) in [6.45, 7) is 2.39. The van der Waals surface area contributed by atoms with Crippen LogP contribution in [0.15, 0.2) is 54.6 Å². The van der Waals surface area contributed by atoms with E-state index in [2.05, 4.69) is 5.32 Å². The molecule has 0 aliphatic carbocycles. The third kappa shape index (κ3) is 6.84. The molecule has 2 aromatic carbocycles. The number of hydrogen-bond donors (Lipinski definition) is 2. The standard InChI is InChI=1S/C24H28N2O5/c1-17(27)13-19(14-18-7-9-20(28)10-8-18)24(30)25-15-23(29)26-12-11-22(16-26)31-21-5-3-2-4-6-21/h2-10,19,22,28H,11-16H2,1H3,(H,25,30)/t19-,22+/m0/s1. The summed E-state index contributed by atoms with van der Waals surface area (Å²) in [5, 5.41) is 12.1. The third-order valence-corrected chi connectivity index (χ3v) is 5.28. The van der Waals surface area contributed by atoms with Crippen molar-refractivity contribution in [3.8, 4) is 11.5 Å². The molecule has 7 heteroatoms. The van der Waals surface area contributed by atoms with Crippen molar-refractivity contribution >= 4 is 17.6 Å². The highest BCUT2D eigenvalue weighted by molar-refractivity contribution is 5.89. The van der Waals surface area contributed by atoms with Gasteiger partial charge in [-0.25, -0.2) is 0 Å². The second kappa shape index (κ2) is 10.6. The lowest BCUT2D eigenvalue weighted by molar-refractivity contribution is -0.134. The number of ether oxygens (including phenoxy) is 1. The average molecular weight is 424 g/mol. The second-order valence-corrected chi connectivity index (χ2v) is 7.87. The van der Waals surface area contributed by atoms with E-state index in [1.807, 2.05) is 30.3 Å². The maximum absolute atomic E-state index is 12.7. The number of benzene rings is 2. The molecule has 0 saturated carbocycles. The van der Waals surface area contributed by atoms with Gasteiger partial charge in [-0.2, -0.15) is 0 Å². The zero-order chi connectivity index (χ0) is 22.2. The van der Waals surface area contributed by atoms with Gasteiger partial charge in [0.05, 0.1) is 13.1 Å². The lowest BCUT2D eigenvalue weighted by Crippen LogP contribution is -2.42. The lowest BCUT2D eigenvalue weighted by Gasteiger charge is -2.19. The van der Waals surface area contributed by atoms with E-state index in [0.717, 1.165) is 17.7 Å². The Bertz CT molecular complexity index is 898. The molecule has 0 aromatic heterocycles. The first-order valence-electron chi connectivity index (χ1n) is 10.4. The summed E-state index contributed by atoms with van der Waals surface area (Å²) < 4.78 is 5.90. The van der Waals surface area contributed by atoms with Crippen LogP contribution in [0.5, 0.6) is 11.5 Å². The molecule has 1 fully saturated rings. The van der Waals surface area contributed by atoms with Crippen LogP contribution in [-0.4, -0.2) is 53.3 Å². The minimum atomic E-state index is -0.567. The Hall–Kier alpha value is -3.35. The molecule has 1 saturated heterocycles. The van der Waals surface area contributed by atoms with Crippen molar-refractivity contribution in [1.82, 2.24) is 10.2 Å². The van der Waals surface area contributed by atoms with E-state index in [4.69, 9.17) is 4.74 Å². The fraction of sp³-hybridized carbons (Fsp3) is 0.375. The van der Waals surface area contributed by atoms with Gasteiger partial charge in [-0.05, 0) is 43.2 Å². The monoisotopic (exact) mass is 424 g/mol. The molecule has 164 valence electrons. The van der Waals surface area contributed by atoms with E-state index in [9.17, 15) is 19.5 Å². The van der Waals surface area contributed by atoms with Crippen LogP contribution in [-0.2, 0) is 20.8 Å². The summed E-state index contributed by atoms with van der Waals surface area (Å²) in [7, 11) is 0. The molecule has 0 spiro atoms. The molecule has 0 bridgehead atoms. The van der Waals surface area contributed by atoms with Gasteiger partial charge in [0.1, 0.15) is 23.4 Å². The summed E-state index contributed by atoms with van der Waals surface area (Å²) in [6.07, 6.45) is 1.12. The van der Waals surface area contributed by atoms with Crippen LogP contribution in [0.2, 0.25) is 0 Å². The number of phenols is 1. The fourth-order valence-corrected chi connectivity index (χ4v) is 3.68. The van der Waals surface area contributed by atoms with E-state index < -0.39 is 5.92 Å². The molecule has 2 atom stereocenters. The molecule has 2 N–H and O–H groups in total. The summed E-state index contributed by atoms with van der Waals surface area (Å²) in [6, 6.07) is 16.0. The Morgan fingerprint density at radius 1 is 1.13 bits per heavy atom. The second-order valence-electron chi connectivity index (χ2n) is 7.87. The van der Waals surface area contributed by atoms with Crippen LogP contribution in [0.3, 0.4) is 0 Å². The first-order chi connectivity index (χ1) is 14.9. The topological polar surface area (TPSA) is 95.9 Å². The molecular weight excluding hydrogens is 396 g/mol. The number of likely N-dealkylation sites (tertiary alicyclic amines) is 1. The summed E-state index contributed by atoms with van der Waals surface area (Å²) in [5.41, 5.74) is 0.839. The van der Waals surface area contributed by atoms with E-state index in [0.29, 0.717) is 19.5 Å². The van der Waals surface area contributed by atoms with Crippen LogP contribution in [0, 0.1) is 5.92 Å². The number of nitrogens with zero attached hydrogens (tertiary/aromatic N) is 1. The Morgan fingerprint density at radius 3 is 2.52 bits per heavy atom. The van der Waals surface area contributed by atoms with E-state index in [1.54, 1.807) is 29.2 Å². The van der Waals surface area contributed by atoms with E-state index >= 15 is 0 Å². The normalized spacial score (nSPS) is 16.5. The number of amides is 2. The highest BCUT2D eigenvalue weighted by Crippen LogP contribution is 2.19. The zero-order valence-electron chi connectivity index (χ0n) is 17.6. The quantitative estimate of drug-likeness (QED) is 0.644. The van der Waals surface area contributed by atoms with Gasteiger partial charge < -0.3 is 24.9 Å². The molecule has 7 nitrogen and oxygen atoms in total. The van der Waals surface area contributed by atoms with Crippen molar-refractivity contribution in [3.63, 3.8) is 0 Å². The molecule has 2 amide bonds. The highest BCUT2D eigenvalue weighted by atomic mass is 16.5. The van der Waals surface area contributed by atoms with Gasteiger partial charge in [0.25, 0.3) is 0 Å². The molecular formula is C24H28N2O5. The number of aromatic hydroxyl groups is 1. The van der Waals surface area contributed by atoms with Crippen LogP contribution in [0.25, 0.3) is 0 Å². The molecule has 1 aliphatic rings. The number of Topliss-reactive ketones (excluding diaryl/α,β-unsaturated/α-hetero) is 1. The molecule has 31 heavy (non-hydrogen) atoms. The van der Waals surface area contributed by atoms with Crippen molar-refractivity contribution in [3.05, 3.63) is 60.2 Å². The number of hydrogen-bond acceptors (Lipinski definition) is 5. The number of ketones is 1. The summed E-state index contributed by atoms with van der Waals surface area (Å²) in [5.74, 6) is -0.238. The summed E-state index contributed by atoms with van der Waals surface area (Å²) >= 11 is 0. The fourth-order valence-electron chi connectivity index (χ4n) is 3.68. The Kier molecular flexibility index (Phi) is 7.65. The van der Waals surface area contributed by atoms with Crippen LogP contribution < -0.4 is 10.1 Å². The smallest absolute Gasteiger partial charge is 0.242 e. The molecule has 3 rings (SSSR count). The largest absolute Gasteiger partial charge is 0.508 e. The van der Waals surface area contributed by atoms with Crippen molar-refractivity contribution in [1.29, 1.82) is 0 Å². The molecule has 1 aliphatic heterocycles. The first kappa shape index (κ1) is 22.3. The zero-order valence-corrected chi connectivity index (χ0v) is 17.6. The van der Waals surface area contributed by atoms with Gasteiger partial charge >= 0.3 is 0 Å². The van der Waals surface area contributed by atoms with Crippen LogP contribution in [0.1, 0.15) is 25.3 Å².